The van der Waals surface area contributed by atoms with E-state index in [-0.39, 0.29) is 11.7 Å². The van der Waals surface area contributed by atoms with E-state index >= 15 is 0 Å². The Morgan fingerprint density at radius 1 is 1.29 bits per heavy atom. The van der Waals surface area contributed by atoms with E-state index in [9.17, 15) is 9.59 Å². The van der Waals surface area contributed by atoms with Crippen LogP contribution in [0.2, 0.25) is 0 Å². The van der Waals surface area contributed by atoms with Crippen LogP contribution in [0.5, 0.6) is 5.75 Å². The molecule has 0 fully saturated rings. The summed E-state index contributed by atoms with van der Waals surface area (Å²) in [5.41, 5.74) is 1.93. The van der Waals surface area contributed by atoms with Gasteiger partial charge in [-0.1, -0.05) is 18.2 Å². The predicted octanol–water partition coefficient (Wildman–Crippen LogP) is 2.20. The molecule has 0 unspecified atom stereocenters. The fourth-order valence-corrected chi connectivity index (χ4v) is 2.04. The summed E-state index contributed by atoms with van der Waals surface area (Å²) in [7, 11) is 1.62. The van der Waals surface area contributed by atoms with Gasteiger partial charge in [0.15, 0.2) is 5.78 Å². The van der Waals surface area contributed by atoms with E-state index < -0.39 is 0 Å². The molecule has 2 rings (SSSR count). The number of nitrogens with one attached hydrogen (secondary N) is 2. The van der Waals surface area contributed by atoms with Gasteiger partial charge in [0.2, 0.25) is 0 Å². The minimum atomic E-state index is -0.225. The van der Waals surface area contributed by atoms with Crippen molar-refractivity contribution in [1.82, 2.24) is 10.3 Å². The minimum Gasteiger partial charge on any atom is -0.496 e. The van der Waals surface area contributed by atoms with E-state index in [0.29, 0.717) is 24.2 Å². The summed E-state index contributed by atoms with van der Waals surface area (Å²) in [6.07, 6.45) is 2.22. The van der Waals surface area contributed by atoms with Gasteiger partial charge in [0.1, 0.15) is 11.4 Å². The van der Waals surface area contributed by atoms with Crippen molar-refractivity contribution in [2.24, 2.45) is 0 Å². The first-order valence-electron chi connectivity index (χ1n) is 6.71. The van der Waals surface area contributed by atoms with Gasteiger partial charge in [0.25, 0.3) is 5.91 Å². The van der Waals surface area contributed by atoms with Gasteiger partial charge in [-0.05, 0) is 31.0 Å². The number of aromatic amines is 1. The molecule has 0 bridgehead atoms. The molecule has 1 aromatic carbocycles. The van der Waals surface area contributed by atoms with E-state index in [1.165, 1.54) is 13.1 Å². The predicted molar refractivity (Wildman–Crippen MR) is 79.8 cm³/mol. The number of amides is 1. The molecule has 1 heterocycles. The van der Waals surface area contributed by atoms with Crippen LogP contribution in [0.15, 0.2) is 36.5 Å². The Bertz CT molecular complexity index is 646. The van der Waals surface area contributed by atoms with Crippen molar-refractivity contribution in [3.63, 3.8) is 0 Å². The number of para-hydroxylation sites is 1. The first kappa shape index (κ1) is 14.8. The van der Waals surface area contributed by atoms with Crippen molar-refractivity contribution in [2.45, 2.75) is 13.3 Å². The number of ketones is 1. The third kappa shape index (κ3) is 3.72. The van der Waals surface area contributed by atoms with Crippen molar-refractivity contribution in [2.75, 3.05) is 13.7 Å². The molecule has 5 nitrogen and oxygen atoms in total. The monoisotopic (exact) mass is 286 g/mol. The molecule has 5 heteroatoms. The van der Waals surface area contributed by atoms with Gasteiger partial charge in [-0.15, -0.1) is 0 Å². The summed E-state index contributed by atoms with van der Waals surface area (Å²) in [5, 5.41) is 2.81. The number of hydrogen-bond acceptors (Lipinski definition) is 3. The van der Waals surface area contributed by atoms with Crippen molar-refractivity contribution in [3.8, 4) is 5.75 Å². The number of carbonyl (C=O) groups excluding carboxylic acids is 2. The number of hydrogen-bond donors (Lipinski definition) is 2. The number of H-pyrrole nitrogens is 1. The lowest BCUT2D eigenvalue weighted by atomic mass is 10.1. The van der Waals surface area contributed by atoms with Crippen LogP contribution < -0.4 is 10.1 Å². The third-order valence-electron chi connectivity index (χ3n) is 3.21. The van der Waals surface area contributed by atoms with Gasteiger partial charge in [-0.2, -0.15) is 0 Å². The molecule has 0 saturated heterocycles. The molecule has 0 radical (unpaired) electrons. The maximum Gasteiger partial charge on any atom is 0.267 e. The van der Waals surface area contributed by atoms with Gasteiger partial charge >= 0.3 is 0 Å². The summed E-state index contributed by atoms with van der Waals surface area (Å²) in [4.78, 5) is 25.9. The fourth-order valence-electron chi connectivity index (χ4n) is 2.04. The van der Waals surface area contributed by atoms with Gasteiger partial charge in [-0.25, -0.2) is 0 Å². The quantitative estimate of drug-likeness (QED) is 0.800. The maximum atomic E-state index is 11.9. The lowest BCUT2D eigenvalue weighted by Gasteiger charge is -2.08. The largest absolute Gasteiger partial charge is 0.496 e. The van der Waals surface area contributed by atoms with E-state index in [2.05, 4.69) is 10.3 Å². The van der Waals surface area contributed by atoms with Crippen molar-refractivity contribution < 1.29 is 14.3 Å². The number of methoxy groups -OCH3 is 1. The standard InChI is InChI=1S/C16H18N2O3/c1-11(19)13-9-14(18-10-13)16(20)17-8-7-12-5-3-4-6-15(12)21-2/h3-6,9-10,18H,7-8H2,1-2H3,(H,17,20). The van der Waals surface area contributed by atoms with Crippen LogP contribution >= 0.6 is 0 Å². The topological polar surface area (TPSA) is 71.2 Å². The van der Waals surface area contributed by atoms with Crippen molar-refractivity contribution >= 4 is 11.7 Å². The number of Topliss-reactive ketones (excluding diaryl/α,β-unsaturated/α-hetero) is 1. The highest BCUT2D eigenvalue weighted by Crippen LogP contribution is 2.17. The van der Waals surface area contributed by atoms with Gasteiger partial charge < -0.3 is 15.0 Å². The third-order valence-corrected chi connectivity index (χ3v) is 3.21. The highest BCUT2D eigenvalue weighted by atomic mass is 16.5. The molecule has 0 aliphatic heterocycles. The molecular weight excluding hydrogens is 268 g/mol. The molecule has 0 saturated carbocycles. The highest BCUT2D eigenvalue weighted by molar-refractivity contribution is 5.99. The fraction of sp³-hybridized carbons (Fsp3) is 0.250. The van der Waals surface area contributed by atoms with E-state index in [4.69, 9.17) is 4.74 Å². The number of aromatic nitrogens is 1. The summed E-state index contributed by atoms with van der Waals surface area (Å²) >= 11 is 0. The molecule has 2 aromatic rings. The number of rotatable bonds is 6. The van der Waals surface area contributed by atoms with Crippen molar-refractivity contribution in [3.05, 3.63) is 53.3 Å². The second kappa shape index (κ2) is 6.74. The van der Waals surface area contributed by atoms with E-state index in [1.54, 1.807) is 13.2 Å². The molecule has 1 aromatic heterocycles. The van der Waals surface area contributed by atoms with Crippen LogP contribution in [0.3, 0.4) is 0 Å². The SMILES string of the molecule is COc1ccccc1CCNC(=O)c1cc(C(C)=O)c[nH]1. The molecule has 0 aliphatic rings. The Kier molecular flexibility index (Phi) is 4.77. The van der Waals surface area contributed by atoms with Gasteiger partial charge in [0.05, 0.1) is 7.11 Å². The molecule has 21 heavy (non-hydrogen) atoms. The zero-order chi connectivity index (χ0) is 15.2. The highest BCUT2D eigenvalue weighted by Gasteiger charge is 2.10. The van der Waals surface area contributed by atoms with Crippen LogP contribution in [0.4, 0.5) is 0 Å². The molecular formula is C16H18N2O3. The summed E-state index contributed by atoms with van der Waals surface area (Å²) in [6, 6.07) is 9.25. The molecule has 110 valence electrons. The second-order valence-electron chi connectivity index (χ2n) is 4.68. The van der Waals surface area contributed by atoms with E-state index in [0.717, 1.165) is 11.3 Å². The normalized spacial score (nSPS) is 10.2. The number of carbonyl (C=O) groups is 2. The van der Waals surface area contributed by atoms with Crippen LogP contribution in [0, 0.1) is 0 Å². The number of benzene rings is 1. The van der Waals surface area contributed by atoms with E-state index in [1.807, 2.05) is 24.3 Å². The first-order valence-corrected chi connectivity index (χ1v) is 6.71. The molecule has 1 amide bonds. The first-order chi connectivity index (χ1) is 10.1. The molecule has 0 spiro atoms. The summed E-state index contributed by atoms with van der Waals surface area (Å²) < 4.78 is 5.26. The van der Waals surface area contributed by atoms with Crippen LogP contribution in [0.25, 0.3) is 0 Å². The Morgan fingerprint density at radius 3 is 2.71 bits per heavy atom. The zero-order valence-electron chi connectivity index (χ0n) is 12.1. The van der Waals surface area contributed by atoms with Crippen LogP contribution in [-0.4, -0.2) is 30.3 Å². The Labute approximate surface area is 123 Å². The van der Waals surface area contributed by atoms with Crippen molar-refractivity contribution in [1.29, 1.82) is 0 Å². The summed E-state index contributed by atoms with van der Waals surface area (Å²) in [5.74, 6) is 0.516. The van der Waals surface area contributed by atoms with Crippen LogP contribution in [-0.2, 0) is 6.42 Å². The van der Waals surface area contributed by atoms with Gasteiger partial charge in [-0.3, -0.25) is 9.59 Å². The van der Waals surface area contributed by atoms with Gasteiger partial charge in [0, 0.05) is 18.3 Å². The molecule has 0 atom stereocenters. The summed E-state index contributed by atoms with van der Waals surface area (Å²) in [6.45, 7) is 1.96. The lowest BCUT2D eigenvalue weighted by Crippen LogP contribution is -2.26. The van der Waals surface area contributed by atoms with Crippen LogP contribution in [0.1, 0.15) is 33.3 Å². The minimum absolute atomic E-state index is 0.0701. The molecule has 2 N–H and O–H groups in total. The Morgan fingerprint density at radius 2 is 2.05 bits per heavy atom. The lowest BCUT2D eigenvalue weighted by molar-refractivity contribution is 0.0949. The zero-order valence-corrected chi connectivity index (χ0v) is 12.1. The smallest absolute Gasteiger partial charge is 0.267 e. The average Bonchev–Trinajstić information content (AvgIpc) is 2.98. The Hall–Kier alpha value is -2.56. The number of ether oxygens (including phenoxy) is 1. The maximum absolute atomic E-state index is 11.9. The second-order valence-corrected chi connectivity index (χ2v) is 4.68. The Balaban J connectivity index is 1.90. The molecule has 0 aliphatic carbocycles. The average molecular weight is 286 g/mol.